The van der Waals surface area contributed by atoms with Gasteiger partial charge in [0.1, 0.15) is 11.3 Å². The molecule has 0 atom stereocenters. The van der Waals surface area contributed by atoms with Crippen molar-refractivity contribution in [2.45, 2.75) is 46.0 Å². The second-order valence-electron chi connectivity index (χ2n) is 4.61. The van der Waals surface area contributed by atoms with Crippen LogP contribution in [0.1, 0.15) is 51.0 Å². The second kappa shape index (κ2) is 4.69. The van der Waals surface area contributed by atoms with Crippen LogP contribution in [0.4, 0.5) is 0 Å². The van der Waals surface area contributed by atoms with E-state index in [0.29, 0.717) is 5.52 Å². The van der Waals surface area contributed by atoms with E-state index in [9.17, 15) is 4.79 Å². The van der Waals surface area contributed by atoms with Gasteiger partial charge in [0.05, 0.1) is 5.69 Å². The molecule has 92 valence electrons. The fraction of sp³-hybridized carbons (Fsp3) is 0.583. The normalized spacial score (nSPS) is 11.5. The molecule has 0 amide bonds. The van der Waals surface area contributed by atoms with Crippen molar-refractivity contribution in [3.8, 4) is 0 Å². The van der Waals surface area contributed by atoms with Crippen LogP contribution in [0.5, 0.6) is 0 Å². The molecule has 0 aliphatic rings. The summed E-state index contributed by atoms with van der Waals surface area (Å²) in [4.78, 5) is 19.1. The maximum absolute atomic E-state index is 11.8. The minimum Gasteiger partial charge on any atom is -0.309 e. The Bertz CT molecular complexity index is 567. The monoisotopic (exact) mass is 234 g/mol. The van der Waals surface area contributed by atoms with Crippen molar-refractivity contribution < 1.29 is 0 Å². The fourth-order valence-corrected chi connectivity index (χ4v) is 1.84. The molecule has 2 heterocycles. The molecule has 0 saturated heterocycles. The average Bonchev–Trinajstić information content (AvgIpc) is 2.70. The summed E-state index contributed by atoms with van der Waals surface area (Å²) in [5, 5.41) is 6.93. The molecule has 17 heavy (non-hydrogen) atoms. The molecule has 2 aromatic heterocycles. The third-order valence-corrected chi connectivity index (χ3v) is 2.83. The smallest absolute Gasteiger partial charge is 0.279 e. The molecule has 2 N–H and O–H groups in total. The molecular weight excluding hydrogens is 216 g/mol. The highest BCUT2D eigenvalue weighted by Gasteiger charge is 2.13. The zero-order chi connectivity index (χ0) is 12.4. The lowest BCUT2D eigenvalue weighted by atomic mass is 10.1. The van der Waals surface area contributed by atoms with E-state index < -0.39 is 0 Å². The Morgan fingerprint density at radius 3 is 2.71 bits per heavy atom. The molecule has 0 aliphatic carbocycles. The van der Waals surface area contributed by atoms with Gasteiger partial charge in [0.2, 0.25) is 0 Å². The molecule has 5 heteroatoms. The van der Waals surface area contributed by atoms with Gasteiger partial charge in [-0.1, -0.05) is 27.2 Å². The van der Waals surface area contributed by atoms with E-state index in [1.807, 2.05) is 0 Å². The van der Waals surface area contributed by atoms with Gasteiger partial charge in [0.15, 0.2) is 5.52 Å². The lowest BCUT2D eigenvalue weighted by Gasteiger charge is -2.02. The van der Waals surface area contributed by atoms with E-state index in [0.717, 1.165) is 36.3 Å². The SMILES string of the molecule is CCCCc1nc2c(C(C)C)[nH]nc2c(=O)[nH]1. The highest BCUT2D eigenvalue weighted by Crippen LogP contribution is 2.18. The second-order valence-corrected chi connectivity index (χ2v) is 4.61. The van der Waals surface area contributed by atoms with E-state index in [2.05, 4.69) is 40.9 Å². The Labute approximate surface area is 99.7 Å². The van der Waals surface area contributed by atoms with Gasteiger partial charge < -0.3 is 4.98 Å². The molecule has 0 aliphatic heterocycles. The summed E-state index contributed by atoms with van der Waals surface area (Å²) in [6.45, 7) is 6.23. The number of H-pyrrole nitrogens is 2. The molecule has 0 fully saturated rings. The predicted octanol–water partition coefficient (Wildman–Crippen LogP) is 2.11. The molecule has 0 saturated carbocycles. The molecule has 0 radical (unpaired) electrons. The Morgan fingerprint density at radius 2 is 2.06 bits per heavy atom. The fourth-order valence-electron chi connectivity index (χ4n) is 1.84. The minimum atomic E-state index is -0.149. The molecule has 2 aromatic rings. The van der Waals surface area contributed by atoms with Gasteiger partial charge in [-0.25, -0.2) is 4.98 Å². The van der Waals surface area contributed by atoms with E-state index in [1.54, 1.807) is 0 Å². The zero-order valence-corrected chi connectivity index (χ0v) is 10.5. The maximum atomic E-state index is 11.8. The van der Waals surface area contributed by atoms with Crippen LogP contribution in [0.25, 0.3) is 11.0 Å². The number of fused-ring (bicyclic) bond motifs is 1. The molecule has 0 spiro atoms. The molecular formula is C12H18N4O. The third kappa shape index (κ3) is 2.23. The summed E-state index contributed by atoms with van der Waals surface area (Å²) in [6, 6.07) is 0. The molecule has 0 aromatic carbocycles. The van der Waals surface area contributed by atoms with Crippen molar-refractivity contribution in [1.29, 1.82) is 0 Å². The Morgan fingerprint density at radius 1 is 1.29 bits per heavy atom. The van der Waals surface area contributed by atoms with E-state index in [-0.39, 0.29) is 11.5 Å². The van der Waals surface area contributed by atoms with Crippen LogP contribution in [0.15, 0.2) is 4.79 Å². The van der Waals surface area contributed by atoms with Crippen LogP contribution >= 0.6 is 0 Å². The number of nitrogens with one attached hydrogen (secondary N) is 2. The first-order chi connectivity index (χ1) is 8.13. The Hall–Kier alpha value is -1.65. The largest absolute Gasteiger partial charge is 0.309 e. The highest BCUT2D eigenvalue weighted by molar-refractivity contribution is 5.76. The van der Waals surface area contributed by atoms with Crippen molar-refractivity contribution in [3.05, 3.63) is 21.9 Å². The maximum Gasteiger partial charge on any atom is 0.279 e. The topological polar surface area (TPSA) is 74.4 Å². The first kappa shape index (κ1) is 11.8. The first-order valence-corrected chi connectivity index (χ1v) is 6.10. The van der Waals surface area contributed by atoms with E-state index in [1.165, 1.54) is 0 Å². The van der Waals surface area contributed by atoms with Crippen molar-refractivity contribution >= 4 is 11.0 Å². The van der Waals surface area contributed by atoms with Crippen LogP contribution < -0.4 is 5.56 Å². The summed E-state index contributed by atoms with van der Waals surface area (Å²) in [5.74, 6) is 1.04. The number of aromatic nitrogens is 4. The van der Waals surface area contributed by atoms with Crippen molar-refractivity contribution in [3.63, 3.8) is 0 Å². The Balaban J connectivity index is 2.53. The number of aryl methyl sites for hydroxylation is 1. The zero-order valence-electron chi connectivity index (χ0n) is 10.5. The number of rotatable bonds is 4. The van der Waals surface area contributed by atoms with E-state index >= 15 is 0 Å². The highest BCUT2D eigenvalue weighted by atomic mass is 16.1. The summed E-state index contributed by atoms with van der Waals surface area (Å²) in [5.41, 5.74) is 1.91. The minimum absolute atomic E-state index is 0.149. The number of aromatic amines is 2. The standard InChI is InChI=1S/C12H18N4O/c1-4-5-6-8-13-10-9(7(2)3)15-16-11(10)12(17)14-8/h7H,4-6H2,1-3H3,(H,15,16)(H,13,14,17). The quantitative estimate of drug-likeness (QED) is 0.850. The molecule has 5 nitrogen and oxygen atoms in total. The number of unbranched alkanes of at least 4 members (excludes halogenated alkanes) is 1. The van der Waals surface area contributed by atoms with Crippen molar-refractivity contribution in [2.24, 2.45) is 0 Å². The van der Waals surface area contributed by atoms with Gasteiger partial charge in [-0.3, -0.25) is 9.89 Å². The van der Waals surface area contributed by atoms with Gasteiger partial charge in [0.25, 0.3) is 5.56 Å². The summed E-state index contributed by atoms with van der Waals surface area (Å²) >= 11 is 0. The lowest BCUT2D eigenvalue weighted by Crippen LogP contribution is -2.12. The van der Waals surface area contributed by atoms with Crippen LogP contribution in [0, 0.1) is 0 Å². The number of nitrogens with zero attached hydrogens (tertiary/aromatic N) is 2. The molecule has 0 bridgehead atoms. The number of hydrogen-bond donors (Lipinski definition) is 2. The van der Waals surface area contributed by atoms with Crippen LogP contribution in [0.2, 0.25) is 0 Å². The van der Waals surface area contributed by atoms with Crippen molar-refractivity contribution in [1.82, 2.24) is 20.2 Å². The van der Waals surface area contributed by atoms with Gasteiger partial charge in [-0.2, -0.15) is 5.10 Å². The van der Waals surface area contributed by atoms with Gasteiger partial charge >= 0.3 is 0 Å². The average molecular weight is 234 g/mol. The molecule has 2 rings (SSSR count). The predicted molar refractivity (Wildman–Crippen MR) is 67.2 cm³/mol. The van der Waals surface area contributed by atoms with Crippen LogP contribution in [0.3, 0.4) is 0 Å². The summed E-state index contributed by atoms with van der Waals surface area (Å²) < 4.78 is 0. The van der Waals surface area contributed by atoms with Gasteiger partial charge in [-0.15, -0.1) is 0 Å². The van der Waals surface area contributed by atoms with Crippen LogP contribution in [-0.2, 0) is 6.42 Å². The first-order valence-electron chi connectivity index (χ1n) is 6.10. The Kier molecular flexibility index (Phi) is 3.26. The van der Waals surface area contributed by atoms with Crippen LogP contribution in [-0.4, -0.2) is 20.2 Å². The van der Waals surface area contributed by atoms with Crippen molar-refractivity contribution in [2.75, 3.05) is 0 Å². The summed E-state index contributed by atoms with van der Waals surface area (Å²) in [6.07, 6.45) is 2.93. The van der Waals surface area contributed by atoms with Gasteiger partial charge in [-0.05, 0) is 12.3 Å². The summed E-state index contributed by atoms with van der Waals surface area (Å²) in [7, 11) is 0. The lowest BCUT2D eigenvalue weighted by molar-refractivity contribution is 0.752. The third-order valence-electron chi connectivity index (χ3n) is 2.83. The number of hydrogen-bond acceptors (Lipinski definition) is 3. The molecule has 0 unspecified atom stereocenters. The van der Waals surface area contributed by atoms with Gasteiger partial charge in [0, 0.05) is 6.42 Å². The van der Waals surface area contributed by atoms with E-state index in [4.69, 9.17) is 0 Å².